The largest absolute Gasteiger partial charge is 0.380 e. The van der Waals surface area contributed by atoms with Crippen molar-refractivity contribution in [2.45, 2.75) is 13.3 Å². The molecule has 0 aliphatic carbocycles. The highest BCUT2D eigenvalue weighted by molar-refractivity contribution is 4.81. The van der Waals surface area contributed by atoms with Crippen LogP contribution >= 0.6 is 0 Å². The van der Waals surface area contributed by atoms with Crippen molar-refractivity contribution in [3.63, 3.8) is 0 Å². The van der Waals surface area contributed by atoms with E-state index in [1.807, 2.05) is 0 Å². The van der Waals surface area contributed by atoms with E-state index in [9.17, 15) is 50.6 Å². The zero-order valence-electron chi connectivity index (χ0n) is 16.4. The molecule has 0 aromatic rings. The van der Waals surface area contributed by atoms with Crippen LogP contribution in [0.25, 0.3) is 0 Å². The summed E-state index contributed by atoms with van der Waals surface area (Å²) in [4.78, 5) is 73.5. The zero-order chi connectivity index (χ0) is 24.8. The molecular formula is C11H19N5O16. The lowest BCUT2D eigenvalue weighted by Crippen LogP contribution is -2.45. The minimum atomic E-state index is -1.97. The third kappa shape index (κ3) is 11.8. The fourth-order valence-corrected chi connectivity index (χ4v) is 2.11. The van der Waals surface area contributed by atoms with Gasteiger partial charge in [-0.25, -0.2) is 0 Å². The summed E-state index contributed by atoms with van der Waals surface area (Å²) in [5, 5.41) is 46.4. The molecule has 0 spiro atoms. The minimum absolute atomic E-state index is 0.0239. The molecule has 0 atom stereocenters. The summed E-state index contributed by atoms with van der Waals surface area (Å²) in [5.74, 6) is 0. The smallest absolute Gasteiger partial charge is 0.294 e. The van der Waals surface area contributed by atoms with Crippen LogP contribution in [0.2, 0.25) is 0 Å². The van der Waals surface area contributed by atoms with Gasteiger partial charge < -0.3 is 28.9 Å². The fourth-order valence-electron chi connectivity index (χ4n) is 2.11. The van der Waals surface area contributed by atoms with Gasteiger partial charge in [0.15, 0.2) is 0 Å². The van der Waals surface area contributed by atoms with Gasteiger partial charge in [0.2, 0.25) is 0 Å². The van der Waals surface area contributed by atoms with Gasteiger partial charge in [-0.3, -0.25) is 0 Å². The molecule has 21 heteroatoms. The second-order valence-electron chi connectivity index (χ2n) is 6.33. The van der Waals surface area contributed by atoms with Crippen molar-refractivity contribution in [2.75, 3.05) is 46.2 Å². The molecule has 0 unspecified atom stereocenters. The Morgan fingerprint density at radius 1 is 0.500 bits per heavy atom. The monoisotopic (exact) mass is 477 g/mol. The first kappa shape index (κ1) is 28.0. The molecule has 0 fully saturated rings. The lowest BCUT2D eigenvalue weighted by Gasteiger charge is -2.34. The van der Waals surface area contributed by atoms with Crippen molar-refractivity contribution in [2.24, 2.45) is 10.8 Å². The number of ether oxygens (including phenoxy) is 1. The third-order valence-electron chi connectivity index (χ3n) is 3.95. The Bertz CT molecular complexity index is 609. The topological polar surface area (TPSA) is 271 Å². The van der Waals surface area contributed by atoms with E-state index in [4.69, 9.17) is 4.74 Å². The highest BCUT2D eigenvalue weighted by Gasteiger charge is 2.38. The molecule has 0 heterocycles. The molecule has 0 saturated carbocycles. The first-order valence-corrected chi connectivity index (χ1v) is 8.29. The fraction of sp³-hybridized carbons (Fsp3) is 1.00. The average Bonchev–Trinajstić information content (AvgIpc) is 2.70. The summed E-state index contributed by atoms with van der Waals surface area (Å²) < 4.78 is 5.30. The van der Waals surface area contributed by atoms with Crippen LogP contribution in [0.3, 0.4) is 0 Å². The molecule has 21 nitrogen and oxygen atoms in total. The Balaban J connectivity index is 5.56. The van der Waals surface area contributed by atoms with Crippen LogP contribution in [-0.2, 0) is 28.9 Å². The lowest BCUT2D eigenvalue weighted by atomic mass is 9.87. The predicted molar refractivity (Wildman–Crippen MR) is 90.7 cm³/mol. The van der Waals surface area contributed by atoms with E-state index in [0.717, 1.165) is 0 Å². The zero-order valence-corrected chi connectivity index (χ0v) is 16.4. The van der Waals surface area contributed by atoms with Crippen molar-refractivity contribution >= 4 is 0 Å². The summed E-state index contributed by atoms with van der Waals surface area (Å²) in [5.41, 5.74) is -3.45. The van der Waals surface area contributed by atoms with Crippen molar-refractivity contribution < 1.29 is 54.4 Å². The summed E-state index contributed by atoms with van der Waals surface area (Å²) in [6.07, 6.45) is -0.0239. The SMILES string of the molecule is CCC(COCC(CO[N+](=O)[O-])(CO[N+](=O)[O-])CO[N+](=O)[O-])(CO[N+](=O)[O-])CO[N+](=O)[O-]. The molecule has 0 aromatic carbocycles. The summed E-state index contributed by atoms with van der Waals surface area (Å²) in [7, 11) is 0. The number of hydrogen-bond acceptors (Lipinski definition) is 16. The first-order valence-electron chi connectivity index (χ1n) is 8.29. The molecule has 0 N–H and O–H groups in total. The Morgan fingerprint density at radius 3 is 1.00 bits per heavy atom. The van der Waals surface area contributed by atoms with E-state index in [1.165, 1.54) is 6.92 Å². The second-order valence-corrected chi connectivity index (χ2v) is 6.33. The van der Waals surface area contributed by atoms with Crippen LogP contribution in [-0.4, -0.2) is 71.7 Å². The molecule has 0 radical (unpaired) electrons. The van der Waals surface area contributed by atoms with E-state index >= 15 is 0 Å². The molecule has 0 bridgehead atoms. The van der Waals surface area contributed by atoms with Gasteiger partial charge in [-0.05, 0) is 6.42 Å². The highest BCUT2D eigenvalue weighted by Crippen LogP contribution is 2.27. The number of rotatable bonds is 20. The van der Waals surface area contributed by atoms with Gasteiger partial charge in [0.05, 0.1) is 18.6 Å². The van der Waals surface area contributed by atoms with Crippen molar-refractivity contribution in [3.05, 3.63) is 50.6 Å². The first-order chi connectivity index (χ1) is 14.9. The predicted octanol–water partition coefficient (Wildman–Crippen LogP) is -0.573. The quantitative estimate of drug-likeness (QED) is 0.157. The normalized spacial score (nSPS) is 11.2. The Kier molecular flexibility index (Phi) is 11.6. The molecule has 0 saturated heterocycles. The molecule has 0 rings (SSSR count). The van der Waals surface area contributed by atoms with Gasteiger partial charge in [0, 0.05) is 5.41 Å². The molecule has 0 aliphatic heterocycles. The third-order valence-corrected chi connectivity index (χ3v) is 3.95. The maximum Gasteiger partial charge on any atom is 0.294 e. The molecule has 32 heavy (non-hydrogen) atoms. The Morgan fingerprint density at radius 2 is 0.750 bits per heavy atom. The van der Waals surface area contributed by atoms with Crippen LogP contribution in [0.5, 0.6) is 0 Å². The van der Waals surface area contributed by atoms with Crippen LogP contribution in [0.4, 0.5) is 0 Å². The van der Waals surface area contributed by atoms with Crippen LogP contribution in [0, 0.1) is 61.4 Å². The lowest BCUT2D eigenvalue weighted by molar-refractivity contribution is -0.782. The van der Waals surface area contributed by atoms with E-state index in [2.05, 4.69) is 24.2 Å². The molecule has 0 amide bonds. The summed E-state index contributed by atoms with van der Waals surface area (Å²) in [6.45, 7) is -4.32. The van der Waals surface area contributed by atoms with Gasteiger partial charge in [0.1, 0.15) is 33.0 Å². The second kappa shape index (κ2) is 13.3. The molecule has 0 aliphatic rings. The van der Waals surface area contributed by atoms with Gasteiger partial charge in [0.25, 0.3) is 25.4 Å². The van der Waals surface area contributed by atoms with Crippen LogP contribution < -0.4 is 0 Å². The molecule has 184 valence electrons. The summed E-state index contributed by atoms with van der Waals surface area (Å²) in [6, 6.07) is 0. The van der Waals surface area contributed by atoms with E-state index in [0.29, 0.717) is 0 Å². The molecule has 0 aromatic heterocycles. The highest BCUT2D eigenvalue weighted by atomic mass is 17.0. The van der Waals surface area contributed by atoms with Gasteiger partial charge in [-0.15, -0.1) is 50.6 Å². The maximum absolute atomic E-state index is 10.5. The Hall–Kier alpha value is -4.04. The minimum Gasteiger partial charge on any atom is -0.380 e. The van der Waals surface area contributed by atoms with E-state index in [-0.39, 0.29) is 6.42 Å². The Labute approximate surface area is 176 Å². The van der Waals surface area contributed by atoms with E-state index in [1.54, 1.807) is 0 Å². The van der Waals surface area contributed by atoms with Crippen LogP contribution in [0.1, 0.15) is 13.3 Å². The van der Waals surface area contributed by atoms with Gasteiger partial charge in [-0.2, -0.15) is 0 Å². The average molecular weight is 477 g/mol. The van der Waals surface area contributed by atoms with Crippen molar-refractivity contribution in [1.82, 2.24) is 0 Å². The number of nitrogens with zero attached hydrogens (tertiary/aromatic N) is 5. The summed E-state index contributed by atoms with van der Waals surface area (Å²) >= 11 is 0. The van der Waals surface area contributed by atoms with Gasteiger partial charge in [-0.1, -0.05) is 6.92 Å². The van der Waals surface area contributed by atoms with Crippen molar-refractivity contribution in [3.8, 4) is 0 Å². The standard InChI is InChI=1S/C11H19N5O16/c1-2-10(5-28-12(17)18,6-29-13(19)20)3-27-4-11(7-30-14(21)22,8-31-15(23)24)9-32-16(25)26/h2-9H2,1H3. The van der Waals surface area contributed by atoms with Crippen molar-refractivity contribution in [1.29, 1.82) is 0 Å². The molecular weight excluding hydrogens is 458 g/mol. The maximum atomic E-state index is 10.5. The van der Waals surface area contributed by atoms with Gasteiger partial charge >= 0.3 is 0 Å². The van der Waals surface area contributed by atoms with E-state index < -0.39 is 82.5 Å². The number of hydrogen-bond donors (Lipinski definition) is 0. The van der Waals surface area contributed by atoms with Crippen LogP contribution in [0.15, 0.2) is 0 Å².